The average Bonchev–Trinajstić information content (AvgIpc) is 2.62. The number of hydrogen-bond acceptors (Lipinski definition) is 1. The summed E-state index contributed by atoms with van der Waals surface area (Å²) in [6, 6.07) is 11.1. The third-order valence-electron chi connectivity index (χ3n) is 2.64. The van der Waals surface area contributed by atoms with Gasteiger partial charge in [0.25, 0.3) is 0 Å². The van der Waals surface area contributed by atoms with E-state index in [1.54, 1.807) is 0 Å². The first kappa shape index (κ1) is 12.1. The van der Waals surface area contributed by atoms with Crippen LogP contribution in [0.5, 0.6) is 0 Å². The monoisotopic (exact) mass is 224 g/mol. The number of para-hydroxylation sites is 1. The Morgan fingerprint density at radius 3 is 2.73 bits per heavy atom. The summed E-state index contributed by atoms with van der Waals surface area (Å²) in [6.07, 6.45) is 2.15. The molecular formula is C12H17ClN2. The second-order valence-electron chi connectivity index (χ2n) is 3.72. The summed E-state index contributed by atoms with van der Waals surface area (Å²) in [7, 11) is 2.00. The van der Waals surface area contributed by atoms with Gasteiger partial charge in [0.1, 0.15) is 0 Å². The van der Waals surface area contributed by atoms with E-state index in [1.807, 2.05) is 7.05 Å². The van der Waals surface area contributed by atoms with Crippen molar-refractivity contribution in [1.29, 1.82) is 0 Å². The van der Waals surface area contributed by atoms with E-state index in [-0.39, 0.29) is 12.4 Å². The summed E-state index contributed by atoms with van der Waals surface area (Å²) < 4.78 is 2.29. The quantitative estimate of drug-likeness (QED) is 0.849. The first-order valence-electron chi connectivity index (χ1n) is 5.02. The highest BCUT2D eigenvalue weighted by Crippen LogP contribution is 2.15. The van der Waals surface area contributed by atoms with Gasteiger partial charge in [-0.3, -0.25) is 0 Å². The predicted molar refractivity (Wildman–Crippen MR) is 67.7 cm³/mol. The maximum Gasteiger partial charge on any atom is 0.0480 e. The second-order valence-corrected chi connectivity index (χ2v) is 3.72. The van der Waals surface area contributed by atoms with Crippen molar-refractivity contribution in [2.24, 2.45) is 0 Å². The molecule has 82 valence electrons. The minimum atomic E-state index is 0. The molecule has 0 saturated heterocycles. The topological polar surface area (TPSA) is 17.0 Å². The van der Waals surface area contributed by atoms with Crippen LogP contribution in [0, 0.1) is 0 Å². The molecule has 0 aliphatic rings. The lowest BCUT2D eigenvalue weighted by atomic mass is 10.2. The van der Waals surface area contributed by atoms with E-state index >= 15 is 0 Å². The zero-order valence-corrected chi connectivity index (χ0v) is 9.92. The number of benzene rings is 1. The lowest BCUT2D eigenvalue weighted by Gasteiger charge is -2.12. The molecule has 0 aliphatic heterocycles. The van der Waals surface area contributed by atoms with Crippen LogP contribution in [0.2, 0.25) is 0 Å². The van der Waals surface area contributed by atoms with Gasteiger partial charge >= 0.3 is 0 Å². The summed E-state index contributed by atoms with van der Waals surface area (Å²) in [5, 5.41) is 4.56. The van der Waals surface area contributed by atoms with Crippen LogP contribution in [0.4, 0.5) is 0 Å². The van der Waals surface area contributed by atoms with Crippen molar-refractivity contribution >= 4 is 23.3 Å². The number of nitrogens with one attached hydrogen (secondary N) is 1. The van der Waals surface area contributed by atoms with Crippen LogP contribution >= 0.6 is 12.4 Å². The van der Waals surface area contributed by atoms with E-state index < -0.39 is 0 Å². The molecule has 1 aromatic carbocycles. The molecule has 0 fully saturated rings. The van der Waals surface area contributed by atoms with E-state index in [1.165, 1.54) is 10.9 Å². The van der Waals surface area contributed by atoms with Gasteiger partial charge in [0.05, 0.1) is 0 Å². The van der Waals surface area contributed by atoms with Gasteiger partial charge in [-0.2, -0.15) is 0 Å². The fourth-order valence-corrected chi connectivity index (χ4v) is 1.69. The molecule has 2 rings (SSSR count). The van der Waals surface area contributed by atoms with Crippen LogP contribution in [0.1, 0.15) is 6.92 Å². The Morgan fingerprint density at radius 1 is 1.27 bits per heavy atom. The highest BCUT2D eigenvalue weighted by Gasteiger charge is 2.02. The van der Waals surface area contributed by atoms with Gasteiger partial charge in [0.2, 0.25) is 0 Å². The third kappa shape index (κ3) is 2.52. The summed E-state index contributed by atoms with van der Waals surface area (Å²) in [4.78, 5) is 0. The summed E-state index contributed by atoms with van der Waals surface area (Å²) in [6.45, 7) is 3.21. The van der Waals surface area contributed by atoms with E-state index in [2.05, 4.69) is 53.3 Å². The minimum Gasteiger partial charge on any atom is -0.346 e. The van der Waals surface area contributed by atoms with E-state index in [0.717, 1.165) is 6.54 Å². The van der Waals surface area contributed by atoms with Crippen LogP contribution < -0.4 is 5.32 Å². The molecule has 0 radical (unpaired) electrons. The minimum absolute atomic E-state index is 0. The van der Waals surface area contributed by atoms with E-state index in [4.69, 9.17) is 0 Å². The highest BCUT2D eigenvalue weighted by atomic mass is 35.5. The molecule has 0 bridgehead atoms. The first-order chi connectivity index (χ1) is 6.81. The molecule has 1 unspecified atom stereocenters. The van der Waals surface area contributed by atoms with Crippen molar-refractivity contribution < 1.29 is 0 Å². The zero-order valence-electron chi connectivity index (χ0n) is 9.10. The van der Waals surface area contributed by atoms with Crippen LogP contribution in [0.15, 0.2) is 36.5 Å². The number of rotatable bonds is 3. The van der Waals surface area contributed by atoms with E-state index in [9.17, 15) is 0 Å². The Labute approximate surface area is 96.7 Å². The highest BCUT2D eigenvalue weighted by molar-refractivity contribution is 5.85. The van der Waals surface area contributed by atoms with Gasteiger partial charge in [-0.1, -0.05) is 18.2 Å². The molecule has 0 spiro atoms. The second kappa shape index (κ2) is 5.19. The lowest BCUT2D eigenvalue weighted by molar-refractivity contribution is 0.525. The molecular weight excluding hydrogens is 208 g/mol. The molecule has 3 heteroatoms. The molecule has 2 aromatic rings. The number of fused-ring (bicyclic) bond motifs is 1. The predicted octanol–water partition coefficient (Wildman–Crippen LogP) is 2.67. The van der Waals surface area contributed by atoms with Crippen molar-refractivity contribution in [2.45, 2.75) is 19.5 Å². The molecule has 1 aromatic heterocycles. The van der Waals surface area contributed by atoms with Crippen molar-refractivity contribution in [3.63, 3.8) is 0 Å². The van der Waals surface area contributed by atoms with Gasteiger partial charge in [0, 0.05) is 24.3 Å². The lowest BCUT2D eigenvalue weighted by Crippen LogP contribution is -2.26. The molecule has 1 N–H and O–H groups in total. The Kier molecular flexibility index (Phi) is 4.18. The van der Waals surface area contributed by atoms with Gasteiger partial charge in [0.15, 0.2) is 0 Å². The molecule has 1 heterocycles. The van der Waals surface area contributed by atoms with E-state index in [0.29, 0.717) is 6.04 Å². The molecule has 15 heavy (non-hydrogen) atoms. The summed E-state index contributed by atoms with van der Waals surface area (Å²) in [5.74, 6) is 0. The number of nitrogens with zero attached hydrogens (tertiary/aromatic N) is 1. The van der Waals surface area contributed by atoms with Crippen LogP contribution in [-0.2, 0) is 6.54 Å². The standard InChI is InChI=1S/C12H16N2.ClH/c1-10(13-2)9-14-8-7-11-5-3-4-6-12(11)14;/h3-8,10,13H,9H2,1-2H3;1H. The number of likely N-dealkylation sites (N-methyl/N-ethyl adjacent to an activating group) is 1. The fraction of sp³-hybridized carbons (Fsp3) is 0.333. The van der Waals surface area contributed by atoms with Crippen molar-refractivity contribution in [3.8, 4) is 0 Å². The summed E-state index contributed by atoms with van der Waals surface area (Å²) >= 11 is 0. The van der Waals surface area contributed by atoms with Crippen molar-refractivity contribution in [2.75, 3.05) is 7.05 Å². The van der Waals surface area contributed by atoms with Crippen LogP contribution in [-0.4, -0.2) is 17.7 Å². The largest absolute Gasteiger partial charge is 0.346 e. The van der Waals surface area contributed by atoms with Gasteiger partial charge in [-0.25, -0.2) is 0 Å². The van der Waals surface area contributed by atoms with Gasteiger partial charge in [-0.05, 0) is 31.5 Å². The van der Waals surface area contributed by atoms with Gasteiger partial charge in [-0.15, -0.1) is 12.4 Å². The van der Waals surface area contributed by atoms with Crippen LogP contribution in [0.3, 0.4) is 0 Å². The maximum absolute atomic E-state index is 3.25. The van der Waals surface area contributed by atoms with Gasteiger partial charge < -0.3 is 9.88 Å². The molecule has 0 saturated carbocycles. The SMILES string of the molecule is CNC(C)Cn1ccc2ccccc21.Cl. The Bertz CT molecular complexity index is 422. The van der Waals surface area contributed by atoms with Crippen molar-refractivity contribution in [1.82, 2.24) is 9.88 Å². The molecule has 0 aliphatic carbocycles. The molecule has 0 amide bonds. The first-order valence-corrected chi connectivity index (χ1v) is 5.02. The third-order valence-corrected chi connectivity index (χ3v) is 2.64. The Balaban J connectivity index is 0.00000112. The number of aromatic nitrogens is 1. The maximum atomic E-state index is 3.25. The zero-order chi connectivity index (χ0) is 9.97. The normalized spacial score (nSPS) is 12.4. The average molecular weight is 225 g/mol. The Hall–Kier alpha value is -0.990. The van der Waals surface area contributed by atoms with Crippen LogP contribution in [0.25, 0.3) is 10.9 Å². The molecule has 1 atom stereocenters. The smallest absolute Gasteiger partial charge is 0.0480 e. The van der Waals surface area contributed by atoms with Crippen molar-refractivity contribution in [3.05, 3.63) is 36.5 Å². The Morgan fingerprint density at radius 2 is 2.00 bits per heavy atom. The number of halogens is 1. The fourth-order valence-electron chi connectivity index (χ4n) is 1.69. The number of hydrogen-bond donors (Lipinski definition) is 1. The summed E-state index contributed by atoms with van der Waals surface area (Å²) in [5.41, 5.74) is 1.31. The molecule has 2 nitrogen and oxygen atoms in total.